The standard InChI is InChI=1S/C19H20N2O6/c1-3-20(15-7-5-4-6-8-15)19(23)14(2)27-18(22)13-26-17-11-9-16(10-12-17)21(24)25/h4-12,14H,3,13H2,1-2H3/t14-/m0/s1. The molecule has 1 atom stereocenters. The van der Waals surface area contributed by atoms with Crippen molar-refractivity contribution in [3.63, 3.8) is 0 Å². The maximum atomic E-state index is 12.5. The summed E-state index contributed by atoms with van der Waals surface area (Å²) in [6, 6.07) is 14.4. The minimum atomic E-state index is -0.974. The maximum absolute atomic E-state index is 12.5. The number of non-ortho nitro benzene ring substituents is 1. The highest BCUT2D eigenvalue weighted by Crippen LogP contribution is 2.18. The minimum Gasteiger partial charge on any atom is -0.482 e. The summed E-state index contributed by atoms with van der Waals surface area (Å²) in [5.41, 5.74) is 0.639. The van der Waals surface area contributed by atoms with Gasteiger partial charge >= 0.3 is 5.97 Å². The number of ether oxygens (including phenoxy) is 2. The molecule has 0 aliphatic heterocycles. The molecule has 142 valence electrons. The first-order valence-electron chi connectivity index (χ1n) is 8.35. The zero-order valence-electron chi connectivity index (χ0n) is 15.0. The second-order valence-corrected chi connectivity index (χ2v) is 5.59. The molecule has 1 amide bonds. The van der Waals surface area contributed by atoms with Crippen LogP contribution in [0.3, 0.4) is 0 Å². The Balaban J connectivity index is 1.88. The number of likely N-dealkylation sites (N-methyl/N-ethyl adjacent to an activating group) is 1. The highest BCUT2D eigenvalue weighted by molar-refractivity contribution is 5.97. The van der Waals surface area contributed by atoms with Crippen molar-refractivity contribution < 1.29 is 24.0 Å². The van der Waals surface area contributed by atoms with Crippen molar-refractivity contribution in [2.75, 3.05) is 18.1 Å². The van der Waals surface area contributed by atoms with Crippen LogP contribution in [-0.2, 0) is 14.3 Å². The Labute approximate surface area is 156 Å². The summed E-state index contributed by atoms with van der Waals surface area (Å²) in [4.78, 5) is 36.1. The molecule has 0 unspecified atom stereocenters. The van der Waals surface area contributed by atoms with Crippen LogP contribution in [0.25, 0.3) is 0 Å². The summed E-state index contributed by atoms with van der Waals surface area (Å²) < 4.78 is 10.4. The van der Waals surface area contributed by atoms with Crippen LogP contribution in [0.4, 0.5) is 11.4 Å². The monoisotopic (exact) mass is 372 g/mol. The second-order valence-electron chi connectivity index (χ2n) is 5.59. The summed E-state index contributed by atoms with van der Waals surface area (Å²) in [6.45, 7) is 3.35. The molecule has 0 bridgehead atoms. The largest absolute Gasteiger partial charge is 0.482 e. The Kier molecular flexibility index (Phi) is 6.87. The maximum Gasteiger partial charge on any atom is 0.344 e. The average molecular weight is 372 g/mol. The zero-order chi connectivity index (χ0) is 19.8. The lowest BCUT2D eigenvalue weighted by Gasteiger charge is -2.24. The molecule has 0 N–H and O–H groups in total. The lowest BCUT2D eigenvalue weighted by molar-refractivity contribution is -0.384. The summed E-state index contributed by atoms with van der Waals surface area (Å²) in [6.07, 6.45) is -0.974. The third-order valence-corrected chi connectivity index (χ3v) is 3.71. The minimum absolute atomic E-state index is 0.0790. The number of nitro benzene ring substituents is 1. The molecule has 0 aliphatic carbocycles. The fourth-order valence-corrected chi connectivity index (χ4v) is 2.38. The number of carbonyl (C=O) groups is 2. The molecule has 2 rings (SSSR count). The van der Waals surface area contributed by atoms with Crippen molar-refractivity contribution in [1.82, 2.24) is 0 Å². The third-order valence-electron chi connectivity index (χ3n) is 3.71. The molecule has 0 fully saturated rings. The van der Waals surface area contributed by atoms with E-state index in [2.05, 4.69) is 0 Å². The quantitative estimate of drug-likeness (QED) is 0.401. The van der Waals surface area contributed by atoms with Crippen LogP contribution in [-0.4, -0.2) is 36.1 Å². The van der Waals surface area contributed by atoms with Gasteiger partial charge in [0.05, 0.1) is 4.92 Å². The number of para-hydroxylation sites is 1. The molecule has 8 nitrogen and oxygen atoms in total. The average Bonchev–Trinajstić information content (AvgIpc) is 2.68. The smallest absolute Gasteiger partial charge is 0.344 e. The Bertz CT molecular complexity index is 792. The van der Waals surface area contributed by atoms with Gasteiger partial charge in [-0.25, -0.2) is 4.79 Å². The van der Waals surface area contributed by atoms with Crippen LogP contribution >= 0.6 is 0 Å². The van der Waals surface area contributed by atoms with Gasteiger partial charge in [-0.3, -0.25) is 14.9 Å². The van der Waals surface area contributed by atoms with Gasteiger partial charge in [0.15, 0.2) is 12.7 Å². The number of esters is 1. The van der Waals surface area contributed by atoms with E-state index in [9.17, 15) is 19.7 Å². The Morgan fingerprint density at radius 1 is 1.11 bits per heavy atom. The fraction of sp³-hybridized carbons (Fsp3) is 0.263. The zero-order valence-corrected chi connectivity index (χ0v) is 15.0. The lowest BCUT2D eigenvalue weighted by Crippen LogP contribution is -2.40. The van der Waals surface area contributed by atoms with Crippen molar-refractivity contribution in [3.05, 3.63) is 64.7 Å². The van der Waals surface area contributed by atoms with E-state index in [1.54, 1.807) is 12.1 Å². The summed E-state index contributed by atoms with van der Waals surface area (Å²) in [5, 5.41) is 10.6. The van der Waals surface area contributed by atoms with E-state index in [1.807, 2.05) is 25.1 Å². The second kappa shape index (κ2) is 9.33. The number of carbonyl (C=O) groups excluding carboxylic acids is 2. The van der Waals surface area contributed by atoms with Crippen molar-refractivity contribution in [3.8, 4) is 5.75 Å². The third kappa shape index (κ3) is 5.53. The van der Waals surface area contributed by atoms with Gasteiger partial charge in [-0.1, -0.05) is 18.2 Å². The van der Waals surface area contributed by atoms with Gasteiger partial charge in [-0.15, -0.1) is 0 Å². The molecule has 2 aromatic carbocycles. The van der Waals surface area contributed by atoms with E-state index in [0.717, 1.165) is 5.69 Å². The van der Waals surface area contributed by atoms with Gasteiger partial charge in [-0.2, -0.15) is 0 Å². The molecule has 0 spiro atoms. The van der Waals surface area contributed by atoms with E-state index < -0.39 is 23.6 Å². The predicted octanol–water partition coefficient (Wildman–Crippen LogP) is 2.96. The first-order chi connectivity index (χ1) is 12.9. The molecular formula is C19H20N2O6. The molecular weight excluding hydrogens is 352 g/mol. The summed E-state index contributed by atoms with van der Waals surface area (Å²) in [7, 11) is 0. The van der Waals surface area contributed by atoms with E-state index >= 15 is 0 Å². The van der Waals surface area contributed by atoms with Gasteiger partial charge in [-0.05, 0) is 38.1 Å². The van der Waals surface area contributed by atoms with E-state index in [-0.39, 0.29) is 17.3 Å². The number of amides is 1. The molecule has 27 heavy (non-hydrogen) atoms. The van der Waals surface area contributed by atoms with Crippen LogP contribution in [0.15, 0.2) is 54.6 Å². The molecule has 2 aromatic rings. The van der Waals surface area contributed by atoms with Gasteiger partial charge in [0.25, 0.3) is 11.6 Å². The summed E-state index contributed by atoms with van der Waals surface area (Å²) >= 11 is 0. The Morgan fingerprint density at radius 2 is 1.74 bits per heavy atom. The van der Waals surface area contributed by atoms with E-state index in [1.165, 1.54) is 36.1 Å². The number of nitrogens with zero attached hydrogens (tertiary/aromatic N) is 2. The van der Waals surface area contributed by atoms with Crippen LogP contribution < -0.4 is 9.64 Å². The number of hydrogen-bond donors (Lipinski definition) is 0. The molecule has 0 aliphatic rings. The topological polar surface area (TPSA) is 99.0 Å². The molecule has 8 heteroatoms. The number of benzene rings is 2. The first kappa shape index (κ1) is 19.9. The lowest BCUT2D eigenvalue weighted by atomic mass is 10.2. The highest BCUT2D eigenvalue weighted by Gasteiger charge is 2.24. The van der Waals surface area contributed by atoms with Gasteiger partial charge in [0.1, 0.15) is 5.75 Å². The normalized spacial score (nSPS) is 11.3. The Hall–Kier alpha value is -3.42. The van der Waals surface area contributed by atoms with Crippen LogP contribution in [0.5, 0.6) is 5.75 Å². The van der Waals surface area contributed by atoms with Crippen molar-refractivity contribution in [1.29, 1.82) is 0 Å². The van der Waals surface area contributed by atoms with Crippen LogP contribution in [0.1, 0.15) is 13.8 Å². The van der Waals surface area contributed by atoms with Crippen LogP contribution in [0.2, 0.25) is 0 Å². The Morgan fingerprint density at radius 3 is 2.30 bits per heavy atom. The van der Waals surface area contributed by atoms with Crippen molar-refractivity contribution in [2.24, 2.45) is 0 Å². The van der Waals surface area contributed by atoms with Gasteiger partial charge < -0.3 is 14.4 Å². The van der Waals surface area contributed by atoms with Gasteiger partial charge in [0, 0.05) is 24.4 Å². The molecule has 0 saturated carbocycles. The van der Waals surface area contributed by atoms with Crippen molar-refractivity contribution in [2.45, 2.75) is 20.0 Å². The van der Waals surface area contributed by atoms with E-state index in [0.29, 0.717) is 6.54 Å². The van der Waals surface area contributed by atoms with E-state index in [4.69, 9.17) is 9.47 Å². The molecule has 0 saturated heterocycles. The van der Waals surface area contributed by atoms with Gasteiger partial charge in [0.2, 0.25) is 0 Å². The predicted molar refractivity (Wildman–Crippen MR) is 98.6 cm³/mol. The SMILES string of the molecule is CCN(C(=O)[C@H](C)OC(=O)COc1ccc([N+](=O)[O-])cc1)c1ccccc1. The number of rotatable bonds is 8. The fourth-order valence-electron chi connectivity index (χ4n) is 2.38. The molecule has 0 heterocycles. The molecule has 0 radical (unpaired) electrons. The first-order valence-corrected chi connectivity index (χ1v) is 8.35. The summed E-state index contributed by atoms with van der Waals surface area (Å²) in [5.74, 6) is -0.762. The number of hydrogen-bond acceptors (Lipinski definition) is 6. The highest BCUT2D eigenvalue weighted by atomic mass is 16.6. The number of nitro groups is 1. The van der Waals surface area contributed by atoms with Crippen molar-refractivity contribution >= 4 is 23.3 Å². The number of anilines is 1. The van der Waals surface area contributed by atoms with Crippen LogP contribution in [0, 0.1) is 10.1 Å². The molecule has 0 aromatic heterocycles.